The monoisotopic (exact) mass is 280 g/mol. The average Bonchev–Trinajstić information content (AvgIpc) is 2.83. The van der Waals surface area contributed by atoms with E-state index in [2.05, 4.69) is 15.5 Å². The Balaban J connectivity index is 0.000000704. The van der Waals surface area contributed by atoms with E-state index in [1.54, 1.807) is 7.05 Å². The van der Waals surface area contributed by atoms with Gasteiger partial charge in [-0.15, -0.1) is 0 Å². The largest absolute Gasteiger partial charge is 0.328 e. The zero-order chi connectivity index (χ0) is 15.0. The number of guanidine groups is 1. The maximum Gasteiger partial charge on any atom is 0.328 e. The normalized spacial score (nSPS) is 27.9. The summed E-state index contributed by atoms with van der Waals surface area (Å²) >= 11 is 0. The molecule has 3 aliphatic rings. The lowest BCUT2D eigenvalue weighted by atomic mass is 10.1. The summed E-state index contributed by atoms with van der Waals surface area (Å²) in [7, 11) is 3.15. The molecule has 8 nitrogen and oxygen atoms in total. The van der Waals surface area contributed by atoms with Gasteiger partial charge in [-0.2, -0.15) is 5.10 Å². The third-order valence-corrected chi connectivity index (χ3v) is 3.46. The Kier molecular flexibility index (Phi) is 3.65. The first kappa shape index (κ1) is 14.3. The highest BCUT2D eigenvalue weighted by Crippen LogP contribution is 2.27. The summed E-state index contributed by atoms with van der Waals surface area (Å²) in [4.78, 5) is 32.9. The Labute approximate surface area is 118 Å². The Hall–Kier alpha value is -2.12. The van der Waals surface area contributed by atoms with Crippen molar-refractivity contribution in [2.75, 3.05) is 20.6 Å². The summed E-state index contributed by atoms with van der Waals surface area (Å²) in [6.45, 7) is 6.43. The fourth-order valence-electron chi connectivity index (χ4n) is 2.46. The zero-order valence-corrected chi connectivity index (χ0v) is 12.4. The number of hydrazone groups is 1. The highest BCUT2D eigenvalue weighted by atomic mass is 16.2. The number of fused-ring (bicyclic) bond motifs is 3. The minimum absolute atomic E-state index is 0.224. The molecule has 0 aromatic rings. The summed E-state index contributed by atoms with van der Waals surface area (Å²) in [5.74, 6) is 0.331. The Bertz CT molecular complexity index is 500. The molecule has 0 aromatic carbocycles. The summed E-state index contributed by atoms with van der Waals surface area (Å²) in [5, 5.41) is 4.08. The summed E-state index contributed by atoms with van der Waals surface area (Å²) in [6.07, 6.45) is -0.468. The van der Waals surface area contributed by atoms with Crippen molar-refractivity contribution in [2.45, 2.75) is 33.0 Å². The second-order valence-electron chi connectivity index (χ2n) is 4.69. The Morgan fingerprint density at radius 2 is 1.90 bits per heavy atom. The van der Waals surface area contributed by atoms with Crippen LogP contribution in [0.5, 0.6) is 0 Å². The first-order chi connectivity index (χ1) is 9.50. The van der Waals surface area contributed by atoms with Crippen molar-refractivity contribution in [3.63, 3.8) is 0 Å². The number of nitrogens with zero attached hydrogens (tertiary/aromatic N) is 5. The summed E-state index contributed by atoms with van der Waals surface area (Å²) in [6, 6.07) is -0.784. The second-order valence-corrected chi connectivity index (χ2v) is 4.69. The minimum atomic E-state index is -0.468. The quantitative estimate of drug-likeness (QED) is 0.671. The van der Waals surface area contributed by atoms with Crippen LogP contribution in [0.4, 0.5) is 4.79 Å². The van der Waals surface area contributed by atoms with Crippen LogP contribution in [0, 0.1) is 0 Å². The molecule has 3 aliphatic heterocycles. The minimum Gasteiger partial charge on any atom is -0.320 e. The molecule has 110 valence electrons. The van der Waals surface area contributed by atoms with Gasteiger partial charge in [0, 0.05) is 14.1 Å². The van der Waals surface area contributed by atoms with Gasteiger partial charge in [0.1, 0.15) is 0 Å². The standard InChI is InChI=1S/C10H14N6O2.C2H6/c1-5-4-16-6-7(11-9(16)13-12-5)14(2)10(18)15(3)8(6)17;1-2/h6-7H,4H2,1-3H3,(H,11,13);1-2H3. The van der Waals surface area contributed by atoms with Crippen molar-refractivity contribution in [2.24, 2.45) is 10.1 Å². The fraction of sp³-hybridized carbons (Fsp3) is 0.667. The predicted molar refractivity (Wildman–Crippen MR) is 75.2 cm³/mol. The number of carbonyl (C=O) groups is 2. The molecule has 2 atom stereocenters. The molecule has 0 aromatic heterocycles. The summed E-state index contributed by atoms with van der Waals surface area (Å²) < 4.78 is 0. The van der Waals surface area contributed by atoms with Gasteiger partial charge in [0.25, 0.3) is 5.91 Å². The van der Waals surface area contributed by atoms with Gasteiger partial charge in [0.2, 0.25) is 5.96 Å². The third-order valence-electron chi connectivity index (χ3n) is 3.46. The molecule has 3 heterocycles. The number of urea groups is 1. The Morgan fingerprint density at radius 3 is 2.55 bits per heavy atom. The molecule has 0 spiro atoms. The van der Waals surface area contributed by atoms with Gasteiger partial charge in [-0.1, -0.05) is 13.8 Å². The lowest BCUT2D eigenvalue weighted by Gasteiger charge is -2.40. The number of nitrogens with one attached hydrogen (secondary N) is 1. The van der Waals surface area contributed by atoms with Gasteiger partial charge in [-0.05, 0) is 6.92 Å². The van der Waals surface area contributed by atoms with Crippen LogP contribution in [0.25, 0.3) is 0 Å². The highest BCUT2D eigenvalue weighted by Gasteiger charge is 2.51. The van der Waals surface area contributed by atoms with E-state index in [9.17, 15) is 9.59 Å². The van der Waals surface area contributed by atoms with Gasteiger partial charge in [-0.3, -0.25) is 9.69 Å². The van der Waals surface area contributed by atoms with E-state index in [0.717, 1.165) is 10.6 Å². The van der Waals surface area contributed by atoms with Gasteiger partial charge in [-0.25, -0.2) is 15.2 Å². The molecule has 1 saturated heterocycles. The smallest absolute Gasteiger partial charge is 0.320 e. The van der Waals surface area contributed by atoms with Gasteiger partial charge < -0.3 is 9.80 Å². The van der Waals surface area contributed by atoms with Gasteiger partial charge in [0.15, 0.2) is 12.2 Å². The number of amides is 3. The molecule has 0 saturated carbocycles. The topological polar surface area (TPSA) is 80.6 Å². The first-order valence-electron chi connectivity index (χ1n) is 6.68. The van der Waals surface area contributed by atoms with Gasteiger partial charge in [0.05, 0.1) is 12.3 Å². The molecule has 3 amide bonds. The van der Waals surface area contributed by atoms with E-state index in [4.69, 9.17) is 0 Å². The van der Waals surface area contributed by atoms with E-state index >= 15 is 0 Å². The van der Waals surface area contributed by atoms with E-state index in [1.165, 1.54) is 11.9 Å². The average molecular weight is 280 g/mol. The van der Waals surface area contributed by atoms with Gasteiger partial charge >= 0.3 is 6.03 Å². The number of aliphatic imine (C=N–C) groups is 1. The number of likely N-dealkylation sites (N-methyl/N-ethyl adjacent to an activating group) is 2. The second kappa shape index (κ2) is 5.10. The highest BCUT2D eigenvalue weighted by molar-refractivity contribution is 6.05. The van der Waals surface area contributed by atoms with Crippen LogP contribution in [0.3, 0.4) is 0 Å². The Morgan fingerprint density at radius 1 is 1.25 bits per heavy atom. The zero-order valence-electron chi connectivity index (χ0n) is 12.4. The summed E-state index contributed by atoms with van der Waals surface area (Å²) in [5.41, 5.74) is 3.69. The fourth-order valence-corrected chi connectivity index (χ4v) is 2.46. The van der Waals surface area contributed by atoms with E-state index in [-0.39, 0.29) is 11.9 Å². The molecule has 0 bridgehead atoms. The molecule has 0 aliphatic carbocycles. The third kappa shape index (κ3) is 1.91. The predicted octanol–water partition coefficient (Wildman–Crippen LogP) is -0.118. The number of carbonyl (C=O) groups excluding carboxylic acids is 2. The molecule has 3 rings (SSSR count). The number of hydrogen-bond acceptors (Lipinski definition) is 6. The lowest BCUT2D eigenvalue weighted by molar-refractivity contribution is -0.135. The maximum absolute atomic E-state index is 12.2. The van der Waals surface area contributed by atoms with Crippen LogP contribution in [0.1, 0.15) is 20.8 Å². The molecule has 0 radical (unpaired) electrons. The molecule has 8 heteroatoms. The number of rotatable bonds is 0. The molecule has 2 unspecified atom stereocenters. The maximum atomic E-state index is 12.2. The molecule has 1 fully saturated rings. The number of imide groups is 1. The molecule has 1 N–H and O–H groups in total. The van der Waals surface area contributed by atoms with Crippen LogP contribution >= 0.6 is 0 Å². The van der Waals surface area contributed by atoms with Crippen molar-refractivity contribution in [1.82, 2.24) is 20.1 Å². The molecular weight excluding hydrogens is 260 g/mol. The van der Waals surface area contributed by atoms with Crippen molar-refractivity contribution in [1.29, 1.82) is 0 Å². The van der Waals surface area contributed by atoms with Crippen LogP contribution in [-0.4, -0.2) is 71.2 Å². The van der Waals surface area contributed by atoms with E-state index in [0.29, 0.717) is 12.5 Å². The van der Waals surface area contributed by atoms with E-state index < -0.39 is 12.2 Å². The van der Waals surface area contributed by atoms with Crippen molar-refractivity contribution in [3.8, 4) is 0 Å². The SMILES string of the molecule is CC.CC1=NNC2=NC3C(C(=O)N(C)C(=O)N3C)N2C1. The van der Waals surface area contributed by atoms with Crippen molar-refractivity contribution < 1.29 is 9.59 Å². The van der Waals surface area contributed by atoms with Crippen molar-refractivity contribution in [3.05, 3.63) is 0 Å². The van der Waals surface area contributed by atoms with Crippen LogP contribution in [0.15, 0.2) is 10.1 Å². The number of hydrogen-bond donors (Lipinski definition) is 1. The van der Waals surface area contributed by atoms with Crippen LogP contribution in [0.2, 0.25) is 0 Å². The van der Waals surface area contributed by atoms with Crippen LogP contribution < -0.4 is 5.43 Å². The van der Waals surface area contributed by atoms with E-state index in [1.807, 2.05) is 25.7 Å². The molecular formula is C12H20N6O2. The van der Waals surface area contributed by atoms with Crippen molar-refractivity contribution >= 4 is 23.6 Å². The van der Waals surface area contributed by atoms with Crippen LogP contribution in [-0.2, 0) is 4.79 Å². The lowest BCUT2D eigenvalue weighted by Crippen LogP contribution is -2.65. The first-order valence-corrected chi connectivity index (χ1v) is 6.68. The molecule has 20 heavy (non-hydrogen) atoms.